The summed E-state index contributed by atoms with van der Waals surface area (Å²) >= 11 is 0. The largest absolute Gasteiger partial charge is 0.396 e. The Labute approximate surface area is 163 Å². The van der Waals surface area contributed by atoms with Crippen molar-refractivity contribution in [1.82, 2.24) is 19.6 Å². The van der Waals surface area contributed by atoms with Crippen molar-refractivity contribution in [2.24, 2.45) is 0 Å². The predicted molar refractivity (Wildman–Crippen MR) is 110 cm³/mol. The smallest absolute Gasteiger partial charge is 0.0638 e. The molecular weight excluding hydrogens is 336 g/mol. The van der Waals surface area contributed by atoms with Crippen molar-refractivity contribution >= 4 is 0 Å². The fourth-order valence-electron chi connectivity index (χ4n) is 3.96. The van der Waals surface area contributed by atoms with Crippen LogP contribution in [0.1, 0.15) is 42.1 Å². The molecule has 1 saturated heterocycles. The number of aryl methyl sites for hydroxylation is 3. The first-order valence-electron chi connectivity index (χ1n) is 10.2. The highest BCUT2D eigenvalue weighted by Gasteiger charge is 2.27. The highest BCUT2D eigenvalue weighted by atomic mass is 16.3. The van der Waals surface area contributed by atoms with E-state index in [0.717, 1.165) is 57.8 Å². The second-order valence-corrected chi connectivity index (χ2v) is 7.86. The van der Waals surface area contributed by atoms with Crippen LogP contribution in [-0.2, 0) is 19.6 Å². The van der Waals surface area contributed by atoms with Crippen molar-refractivity contribution in [1.29, 1.82) is 0 Å². The molecule has 5 heteroatoms. The monoisotopic (exact) mass is 370 g/mol. The van der Waals surface area contributed by atoms with Crippen molar-refractivity contribution in [3.05, 3.63) is 52.8 Å². The Morgan fingerprint density at radius 1 is 1.11 bits per heavy atom. The zero-order chi connectivity index (χ0) is 19.2. The van der Waals surface area contributed by atoms with Gasteiger partial charge in [-0.25, -0.2) is 0 Å². The van der Waals surface area contributed by atoms with Crippen LogP contribution < -0.4 is 0 Å². The maximum Gasteiger partial charge on any atom is 0.0638 e. The molecule has 27 heavy (non-hydrogen) atoms. The number of nitrogens with zero attached hydrogens (tertiary/aromatic N) is 4. The van der Waals surface area contributed by atoms with Gasteiger partial charge < -0.3 is 5.11 Å². The molecule has 0 radical (unpaired) electrons. The standard InChI is InChI=1S/C22H34N4O/c1-4-10-26-16-21(19(3)23-26)15-24-11-12-25(22(17-24)9-13-27)14-20-7-5-18(2)6-8-20/h5-8,16,22,27H,4,9-15,17H2,1-3H3. The summed E-state index contributed by atoms with van der Waals surface area (Å²) in [6, 6.07) is 9.22. The molecular formula is C22H34N4O. The maximum absolute atomic E-state index is 9.56. The molecule has 1 aliphatic rings. The molecule has 1 atom stereocenters. The van der Waals surface area contributed by atoms with Gasteiger partial charge in [-0.3, -0.25) is 14.5 Å². The van der Waals surface area contributed by atoms with E-state index in [4.69, 9.17) is 0 Å². The van der Waals surface area contributed by atoms with Crippen molar-refractivity contribution in [3.63, 3.8) is 0 Å². The molecule has 1 unspecified atom stereocenters. The molecule has 1 aliphatic heterocycles. The zero-order valence-electron chi connectivity index (χ0n) is 17.1. The average molecular weight is 371 g/mol. The molecule has 0 saturated carbocycles. The van der Waals surface area contributed by atoms with Gasteiger partial charge in [0.05, 0.1) is 5.69 Å². The first-order chi connectivity index (χ1) is 13.1. The molecule has 1 aromatic carbocycles. The normalized spacial score (nSPS) is 18.9. The lowest BCUT2D eigenvalue weighted by molar-refractivity contribution is 0.0499. The van der Waals surface area contributed by atoms with Gasteiger partial charge >= 0.3 is 0 Å². The van der Waals surface area contributed by atoms with Crippen LogP contribution in [0.25, 0.3) is 0 Å². The minimum absolute atomic E-state index is 0.246. The Hall–Kier alpha value is -1.69. The van der Waals surface area contributed by atoms with E-state index in [1.165, 1.54) is 16.7 Å². The molecule has 1 aromatic heterocycles. The Morgan fingerprint density at radius 2 is 1.89 bits per heavy atom. The van der Waals surface area contributed by atoms with E-state index in [1.54, 1.807) is 0 Å². The first-order valence-corrected chi connectivity index (χ1v) is 10.2. The number of hydrogen-bond acceptors (Lipinski definition) is 4. The minimum Gasteiger partial charge on any atom is -0.396 e. The number of aromatic nitrogens is 2. The van der Waals surface area contributed by atoms with Gasteiger partial charge in [0.2, 0.25) is 0 Å². The molecule has 1 N–H and O–H groups in total. The second-order valence-electron chi connectivity index (χ2n) is 7.86. The van der Waals surface area contributed by atoms with Crippen LogP contribution >= 0.6 is 0 Å². The van der Waals surface area contributed by atoms with Crippen LogP contribution in [0.4, 0.5) is 0 Å². The van der Waals surface area contributed by atoms with Gasteiger partial charge in [0.15, 0.2) is 0 Å². The van der Waals surface area contributed by atoms with Crippen LogP contribution in [0.5, 0.6) is 0 Å². The van der Waals surface area contributed by atoms with E-state index < -0.39 is 0 Å². The first kappa shape index (κ1) is 20.1. The summed E-state index contributed by atoms with van der Waals surface area (Å²) in [5.41, 5.74) is 5.13. The summed E-state index contributed by atoms with van der Waals surface area (Å²) < 4.78 is 2.07. The van der Waals surface area contributed by atoms with Crippen LogP contribution in [0.15, 0.2) is 30.5 Å². The van der Waals surface area contributed by atoms with Crippen molar-refractivity contribution < 1.29 is 5.11 Å². The summed E-state index contributed by atoms with van der Waals surface area (Å²) in [5, 5.41) is 14.2. The van der Waals surface area contributed by atoms with Crippen molar-refractivity contribution in [2.75, 3.05) is 26.2 Å². The third kappa shape index (κ3) is 5.41. The minimum atomic E-state index is 0.246. The molecule has 0 aliphatic carbocycles. The number of rotatable bonds is 8. The summed E-state index contributed by atoms with van der Waals surface area (Å²) in [6.07, 6.45) is 4.14. The zero-order valence-corrected chi connectivity index (χ0v) is 17.1. The number of piperazine rings is 1. The molecule has 1 fully saturated rings. The lowest BCUT2D eigenvalue weighted by Gasteiger charge is -2.41. The average Bonchev–Trinajstić information content (AvgIpc) is 2.99. The Bertz CT molecular complexity index is 710. The highest BCUT2D eigenvalue weighted by Crippen LogP contribution is 2.19. The number of benzene rings is 1. The number of hydrogen-bond donors (Lipinski definition) is 1. The molecule has 2 aromatic rings. The van der Waals surface area contributed by atoms with Gasteiger partial charge in [-0.2, -0.15) is 5.10 Å². The fourth-order valence-corrected chi connectivity index (χ4v) is 3.96. The molecule has 0 spiro atoms. The Morgan fingerprint density at radius 3 is 2.59 bits per heavy atom. The molecule has 148 valence electrons. The molecule has 3 rings (SSSR count). The third-order valence-corrected chi connectivity index (χ3v) is 5.55. The highest BCUT2D eigenvalue weighted by molar-refractivity contribution is 5.21. The predicted octanol–water partition coefficient (Wildman–Crippen LogP) is 2.98. The SMILES string of the molecule is CCCn1cc(CN2CCN(Cc3ccc(C)cc3)C(CCO)C2)c(C)n1. The Kier molecular flexibility index (Phi) is 7.05. The van der Waals surface area contributed by atoms with Crippen LogP contribution in [0.3, 0.4) is 0 Å². The van der Waals surface area contributed by atoms with Gasteiger partial charge in [-0.15, -0.1) is 0 Å². The van der Waals surface area contributed by atoms with Gasteiger partial charge in [0.1, 0.15) is 0 Å². The maximum atomic E-state index is 9.56. The van der Waals surface area contributed by atoms with Crippen LogP contribution in [0, 0.1) is 13.8 Å². The van der Waals surface area contributed by atoms with Crippen molar-refractivity contribution in [2.45, 2.75) is 59.3 Å². The quantitative estimate of drug-likeness (QED) is 0.776. The topological polar surface area (TPSA) is 44.5 Å². The van der Waals surface area contributed by atoms with E-state index in [1.807, 2.05) is 0 Å². The summed E-state index contributed by atoms with van der Waals surface area (Å²) in [4.78, 5) is 5.05. The third-order valence-electron chi connectivity index (χ3n) is 5.55. The Balaban J connectivity index is 1.62. The van der Waals surface area contributed by atoms with E-state index in [0.29, 0.717) is 6.04 Å². The van der Waals surface area contributed by atoms with E-state index in [9.17, 15) is 5.11 Å². The van der Waals surface area contributed by atoms with Gasteiger partial charge in [0.25, 0.3) is 0 Å². The van der Waals surface area contributed by atoms with E-state index in [2.05, 4.69) is 70.8 Å². The number of aliphatic hydroxyl groups excluding tert-OH is 1. The summed E-state index contributed by atoms with van der Waals surface area (Å²) in [7, 11) is 0. The van der Waals surface area contributed by atoms with Crippen LogP contribution in [-0.4, -0.2) is 57.0 Å². The van der Waals surface area contributed by atoms with E-state index in [-0.39, 0.29) is 6.61 Å². The lowest BCUT2D eigenvalue weighted by atomic mass is 10.1. The summed E-state index contributed by atoms with van der Waals surface area (Å²) in [6.45, 7) is 12.7. The van der Waals surface area contributed by atoms with Gasteiger partial charge in [0, 0.05) is 63.7 Å². The number of aliphatic hydroxyl groups is 1. The van der Waals surface area contributed by atoms with Crippen molar-refractivity contribution in [3.8, 4) is 0 Å². The van der Waals surface area contributed by atoms with Gasteiger partial charge in [-0.1, -0.05) is 36.8 Å². The molecule has 0 amide bonds. The summed E-state index contributed by atoms with van der Waals surface area (Å²) in [5.74, 6) is 0. The molecule has 5 nitrogen and oxygen atoms in total. The lowest BCUT2D eigenvalue weighted by Crippen LogP contribution is -2.52. The molecule has 0 bridgehead atoms. The fraction of sp³-hybridized carbons (Fsp3) is 0.591. The van der Waals surface area contributed by atoms with Gasteiger partial charge in [-0.05, 0) is 32.3 Å². The molecule has 2 heterocycles. The second kappa shape index (κ2) is 9.49. The van der Waals surface area contributed by atoms with E-state index >= 15 is 0 Å². The van der Waals surface area contributed by atoms with Crippen LogP contribution in [0.2, 0.25) is 0 Å².